The maximum absolute atomic E-state index is 12.5. The molecule has 0 unspecified atom stereocenters. The predicted octanol–water partition coefficient (Wildman–Crippen LogP) is -0.147. The molecule has 2 rings (SSSR count). The van der Waals surface area contributed by atoms with Crippen molar-refractivity contribution in [3.63, 3.8) is 0 Å². The first-order valence-electron chi connectivity index (χ1n) is 7.52. The summed E-state index contributed by atoms with van der Waals surface area (Å²) in [5, 5.41) is 8.93. The summed E-state index contributed by atoms with van der Waals surface area (Å²) in [4.78, 5) is 38.3. The molecule has 0 aliphatic heterocycles. The number of nitriles is 1. The minimum Gasteiger partial charge on any atom is -0.384 e. The van der Waals surface area contributed by atoms with Gasteiger partial charge in [-0.1, -0.05) is 12.1 Å². The quantitative estimate of drug-likeness (QED) is 0.757. The van der Waals surface area contributed by atoms with Gasteiger partial charge in [0, 0.05) is 20.6 Å². The molecule has 0 spiro atoms. The van der Waals surface area contributed by atoms with Crippen LogP contribution in [0.3, 0.4) is 0 Å². The molecular formula is C17H19N5O3. The molecule has 0 aliphatic rings. The van der Waals surface area contributed by atoms with Gasteiger partial charge in [0.25, 0.3) is 5.56 Å². The highest BCUT2D eigenvalue weighted by atomic mass is 16.2. The van der Waals surface area contributed by atoms with E-state index in [-0.39, 0.29) is 17.9 Å². The van der Waals surface area contributed by atoms with Gasteiger partial charge in [0.2, 0.25) is 0 Å². The third-order valence-corrected chi connectivity index (χ3v) is 3.91. The molecule has 8 nitrogen and oxygen atoms in total. The van der Waals surface area contributed by atoms with E-state index in [4.69, 9.17) is 11.0 Å². The molecule has 0 atom stereocenters. The van der Waals surface area contributed by atoms with E-state index in [1.165, 1.54) is 14.1 Å². The lowest BCUT2D eigenvalue weighted by Crippen LogP contribution is -2.43. The minimum atomic E-state index is -0.703. The van der Waals surface area contributed by atoms with E-state index in [0.717, 1.165) is 14.7 Å². The molecule has 0 saturated heterocycles. The van der Waals surface area contributed by atoms with Crippen molar-refractivity contribution in [1.82, 2.24) is 14.0 Å². The smallest absolute Gasteiger partial charge is 0.332 e. The molecule has 2 N–H and O–H groups in total. The molecule has 130 valence electrons. The number of anilines is 1. The largest absolute Gasteiger partial charge is 0.384 e. The van der Waals surface area contributed by atoms with Crippen LogP contribution in [0.2, 0.25) is 0 Å². The Morgan fingerprint density at radius 3 is 2.60 bits per heavy atom. The third kappa shape index (κ3) is 3.67. The van der Waals surface area contributed by atoms with Crippen LogP contribution in [0.5, 0.6) is 0 Å². The summed E-state index contributed by atoms with van der Waals surface area (Å²) < 4.78 is 1.94. The van der Waals surface area contributed by atoms with Crippen LogP contribution in [0, 0.1) is 11.3 Å². The Bertz CT molecular complexity index is 981. The van der Waals surface area contributed by atoms with E-state index in [9.17, 15) is 14.4 Å². The van der Waals surface area contributed by atoms with E-state index in [0.29, 0.717) is 12.1 Å². The molecule has 0 aliphatic carbocycles. The summed E-state index contributed by atoms with van der Waals surface area (Å²) in [6, 6.07) is 9.11. The van der Waals surface area contributed by atoms with Crippen LogP contribution in [0.4, 0.5) is 5.82 Å². The van der Waals surface area contributed by atoms with Gasteiger partial charge in [-0.25, -0.2) is 4.79 Å². The molecule has 0 amide bonds. The van der Waals surface area contributed by atoms with Crippen LogP contribution in [0.1, 0.15) is 21.5 Å². The maximum atomic E-state index is 12.5. The average Bonchev–Trinajstić information content (AvgIpc) is 2.58. The molecular weight excluding hydrogens is 322 g/mol. The highest BCUT2D eigenvalue weighted by molar-refractivity contribution is 6.01. The number of nitrogen functional groups attached to an aromatic ring is 1. The Morgan fingerprint density at radius 2 is 1.96 bits per heavy atom. The van der Waals surface area contributed by atoms with Gasteiger partial charge in [0.05, 0.1) is 18.2 Å². The molecule has 25 heavy (non-hydrogen) atoms. The van der Waals surface area contributed by atoms with Gasteiger partial charge < -0.3 is 5.73 Å². The molecule has 0 saturated carbocycles. The second kappa shape index (κ2) is 7.15. The van der Waals surface area contributed by atoms with Gasteiger partial charge in [-0.15, -0.1) is 0 Å². The Kier molecular flexibility index (Phi) is 5.20. The topological polar surface area (TPSA) is 114 Å². The number of rotatable bonds is 5. The van der Waals surface area contributed by atoms with E-state index < -0.39 is 17.0 Å². The standard InChI is InChI=1S/C17H19N5O3/c1-20(9-12-6-4-5-11(7-12)8-18)10-13(23)14-15(19)21(2)17(25)22(3)16(14)24/h4-7H,9-10,19H2,1-3H3. The van der Waals surface area contributed by atoms with Gasteiger partial charge in [-0.2, -0.15) is 5.26 Å². The van der Waals surface area contributed by atoms with Crippen molar-refractivity contribution in [2.24, 2.45) is 14.1 Å². The van der Waals surface area contributed by atoms with E-state index in [1.54, 1.807) is 30.1 Å². The normalized spacial score (nSPS) is 10.7. The fraction of sp³-hybridized carbons (Fsp3) is 0.294. The number of nitrogens with zero attached hydrogens (tertiary/aromatic N) is 4. The van der Waals surface area contributed by atoms with Crippen LogP contribution in [0.15, 0.2) is 33.9 Å². The Morgan fingerprint density at radius 1 is 1.28 bits per heavy atom. The number of benzene rings is 1. The molecule has 2 aromatic rings. The zero-order chi connectivity index (χ0) is 18.7. The summed E-state index contributed by atoms with van der Waals surface area (Å²) in [5.74, 6) is -0.606. The number of likely N-dealkylation sites (N-methyl/N-ethyl adjacent to an activating group) is 1. The van der Waals surface area contributed by atoms with Crippen LogP contribution in [0.25, 0.3) is 0 Å². The lowest BCUT2D eigenvalue weighted by Gasteiger charge is -2.17. The molecule has 0 bridgehead atoms. The predicted molar refractivity (Wildman–Crippen MR) is 93.2 cm³/mol. The molecule has 8 heteroatoms. The number of Topliss-reactive ketones (excluding diaryl/α,β-unsaturated/α-hetero) is 1. The van der Waals surface area contributed by atoms with E-state index in [2.05, 4.69) is 6.07 Å². The lowest BCUT2D eigenvalue weighted by molar-refractivity contribution is 0.0941. The van der Waals surface area contributed by atoms with Gasteiger partial charge in [0.15, 0.2) is 5.78 Å². The highest BCUT2D eigenvalue weighted by Gasteiger charge is 2.21. The van der Waals surface area contributed by atoms with E-state index >= 15 is 0 Å². The summed E-state index contributed by atoms with van der Waals surface area (Å²) >= 11 is 0. The highest BCUT2D eigenvalue weighted by Crippen LogP contribution is 2.09. The first-order valence-corrected chi connectivity index (χ1v) is 7.52. The monoisotopic (exact) mass is 341 g/mol. The van der Waals surface area contributed by atoms with E-state index in [1.807, 2.05) is 6.07 Å². The Balaban J connectivity index is 2.24. The Hall–Kier alpha value is -3.18. The number of nitrogens with two attached hydrogens (primary N) is 1. The summed E-state index contributed by atoms with van der Waals surface area (Å²) in [6.45, 7) is 0.377. The van der Waals surface area contributed by atoms with Gasteiger partial charge in [-0.3, -0.25) is 23.6 Å². The number of carbonyl (C=O) groups excluding carboxylic acids is 1. The first-order chi connectivity index (χ1) is 11.8. The van der Waals surface area contributed by atoms with Gasteiger partial charge >= 0.3 is 5.69 Å². The molecule has 0 fully saturated rings. The van der Waals surface area contributed by atoms with Gasteiger partial charge in [-0.05, 0) is 24.7 Å². The van der Waals surface area contributed by atoms with Crippen LogP contribution in [-0.4, -0.2) is 33.4 Å². The zero-order valence-corrected chi connectivity index (χ0v) is 14.3. The maximum Gasteiger partial charge on any atom is 0.332 e. The van der Waals surface area contributed by atoms with Crippen molar-refractivity contribution in [1.29, 1.82) is 5.26 Å². The van der Waals surface area contributed by atoms with Crippen molar-refractivity contribution in [2.75, 3.05) is 19.3 Å². The Labute approximate surface area is 144 Å². The van der Waals surface area contributed by atoms with Crippen LogP contribution >= 0.6 is 0 Å². The fourth-order valence-corrected chi connectivity index (χ4v) is 2.55. The second-order valence-corrected chi connectivity index (χ2v) is 5.87. The zero-order valence-electron chi connectivity index (χ0n) is 14.3. The van der Waals surface area contributed by atoms with Crippen molar-refractivity contribution >= 4 is 11.6 Å². The average molecular weight is 341 g/mol. The fourth-order valence-electron chi connectivity index (χ4n) is 2.55. The summed E-state index contributed by atoms with van der Waals surface area (Å²) in [5.41, 5.74) is 5.72. The second-order valence-electron chi connectivity index (χ2n) is 5.87. The van der Waals surface area contributed by atoms with Gasteiger partial charge in [0.1, 0.15) is 11.4 Å². The molecule has 1 heterocycles. The first kappa shape index (κ1) is 18.2. The lowest BCUT2D eigenvalue weighted by atomic mass is 10.1. The van der Waals surface area contributed by atoms with Crippen molar-refractivity contribution < 1.29 is 4.79 Å². The number of hydrogen-bond acceptors (Lipinski definition) is 6. The van der Waals surface area contributed by atoms with Crippen molar-refractivity contribution in [3.05, 3.63) is 61.8 Å². The molecule has 1 aromatic carbocycles. The van der Waals surface area contributed by atoms with Crippen molar-refractivity contribution in [2.45, 2.75) is 6.54 Å². The molecule has 1 aromatic heterocycles. The number of carbonyl (C=O) groups is 1. The third-order valence-electron chi connectivity index (χ3n) is 3.91. The summed E-state index contributed by atoms with van der Waals surface area (Å²) in [6.07, 6.45) is 0. The number of aromatic nitrogens is 2. The van der Waals surface area contributed by atoms with Crippen LogP contribution in [-0.2, 0) is 20.6 Å². The van der Waals surface area contributed by atoms with Crippen molar-refractivity contribution in [3.8, 4) is 6.07 Å². The minimum absolute atomic E-state index is 0.0472. The summed E-state index contributed by atoms with van der Waals surface area (Å²) in [7, 11) is 4.43. The SMILES string of the molecule is CN(CC(=O)c1c(N)n(C)c(=O)n(C)c1=O)Cc1cccc(C#N)c1. The van der Waals surface area contributed by atoms with Crippen LogP contribution < -0.4 is 17.0 Å². The number of ketones is 1. The number of hydrogen-bond donors (Lipinski definition) is 1. The molecule has 0 radical (unpaired) electrons.